The molecule has 14 heteroatoms. The van der Waals surface area contributed by atoms with Gasteiger partial charge in [0.2, 0.25) is 5.91 Å². The summed E-state index contributed by atoms with van der Waals surface area (Å²) >= 11 is 0. The third kappa shape index (κ3) is 10.3. The van der Waals surface area contributed by atoms with Crippen LogP contribution in [0, 0.1) is 11.6 Å². The van der Waals surface area contributed by atoms with Crippen LogP contribution in [0.15, 0.2) is 41.5 Å². The van der Waals surface area contributed by atoms with Crippen molar-refractivity contribution in [2.45, 2.75) is 141 Å². The first-order valence-corrected chi connectivity index (χ1v) is 18.1. The molecule has 12 nitrogen and oxygen atoms in total. The molecule has 0 bridgehead atoms. The zero-order valence-electron chi connectivity index (χ0n) is 30.8. The number of alkyl carbamates (subject to hydrolysis) is 2. The van der Waals surface area contributed by atoms with Crippen LogP contribution in [0.25, 0.3) is 11.0 Å². The molecule has 2 saturated carbocycles. The Bertz CT molecular complexity index is 1820. The summed E-state index contributed by atoms with van der Waals surface area (Å²) in [7, 11) is 0. The number of hydrogen-bond acceptors (Lipinski definition) is 8. The molecule has 2 fully saturated rings. The number of anilines is 1. The Balaban J connectivity index is 0.000000201. The first-order valence-electron chi connectivity index (χ1n) is 18.1. The number of rotatable bonds is 4. The van der Waals surface area contributed by atoms with Crippen LogP contribution in [0.3, 0.4) is 0 Å². The summed E-state index contributed by atoms with van der Waals surface area (Å²) < 4.78 is 39.5. The summed E-state index contributed by atoms with van der Waals surface area (Å²) in [5.41, 5.74) is 1.27. The van der Waals surface area contributed by atoms with Crippen LogP contribution < -0.4 is 21.1 Å². The second-order valence-corrected chi connectivity index (χ2v) is 15.8. The number of hydrogen-bond donors (Lipinski definition) is 2. The highest BCUT2D eigenvalue weighted by molar-refractivity contribution is 5.96. The minimum absolute atomic E-state index is 0.0154. The largest absolute Gasteiger partial charge is 0.444 e. The lowest BCUT2D eigenvalue weighted by atomic mass is 9.88. The quantitative estimate of drug-likeness (QED) is 0.296. The van der Waals surface area contributed by atoms with Gasteiger partial charge in [0.25, 0.3) is 5.56 Å². The van der Waals surface area contributed by atoms with E-state index in [1.807, 2.05) is 41.5 Å². The summed E-state index contributed by atoms with van der Waals surface area (Å²) in [6.07, 6.45) is 8.40. The lowest BCUT2D eigenvalue weighted by molar-refractivity contribution is -0.119. The van der Waals surface area contributed by atoms with E-state index in [4.69, 9.17) is 9.47 Å². The van der Waals surface area contributed by atoms with Crippen molar-refractivity contribution in [3.8, 4) is 0 Å². The van der Waals surface area contributed by atoms with Crippen LogP contribution in [0.2, 0.25) is 0 Å². The van der Waals surface area contributed by atoms with Gasteiger partial charge in [-0.15, -0.1) is 0 Å². The SMILES string of the molecule is CC(C)(C)OC(=O)NC1CCC(N2C(=O)CCc3ncc(F)cc32)CC1.CC(C)(C)OC(=O)NC1CCC(n2c(=O)ccc3ncc(F)cc32)CC1. The summed E-state index contributed by atoms with van der Waals surface area (Å²) in [5.74, 6) is -0.866. The van der Waals surface area contributed by atoms with Crippen LogP contribution in [-0.4, -0.2) is 62.0 Å². The molecule has 3 aromatic rings. The molecule has 4 heterocycles. The monoisotopic (exact) mass is 724 g/mol. The van der Waals surface area contributed by atoms with E-state index in [2.05, 4.69) is 20.6 Å². The van der Waals surface area contributed by atoms with E-state index < -0.39 is 35.0 Å². The van der Waals surface area contributed by atoms with E-state index in [9.17, 15) is 28.0 Å². The smallest absolute Gasteiger partial charge is 0.407 e. The van der Waals surface area contributed by atoms with E-state index in [1.165, 1.54) is 24.4 Å². The highest BCUT2D eigenvalue weighted by Crippen LogP contribution is 2.34. The van der Waals surface area contributed by atoms with Gasteiger partial charge in [0.05, 0.1) is 34.8 Å². The molecule has 2 aliphatic carbocycles. The number of aryl methyl sites for hydroxylation is 1. The Morgan fingerprint density at radius 2 is 1.25 bits per heavy atom. The lowest BCUT2D eigenvalue weighted by Crippen LogP contribution is -2.48. The molecular formula is C38H50F2N6O6. The average molecular weight is 725 g/mol. The van der Waals surface area contributed by atoms with E-state index in [0.29, 0.717) is 29.6 Å². The summed E-state index contributed by atoms with van der Waals surface area (Å²) in [4.78, 5) is 58.6. The molecule has 0 spiro atoms. The number of nitrogens with zero attached hydrogens (tertiary/aromatic N) is 4. The van der Waals surface area contributed by atoms with Crippen LogP contribution in [0.5, 0.6) is 0 Å². The number of amides is 3. The molecule has 0 radical (unpaired) electrons. The summed E-state index contributed by atoms with van der Waals surface area (Å²) in [6.45, 7) is 11.0. The van der Waals surface area contributed by atoms with Gasteiger partial charge in [-0.3, -0.25) is 19.6 Å². The zero-order valence-corrected chi connectivity index (χ0v) is 30.8. The number of fused-ring (bicyclic) bond motifs is 2. The number of ether oxygens (including phenoxy) is 2. The van der Waals surface area contributed by atoms with E-state index >= 15 is 0 Å². The second-order valence-electron chi connectivity index (χ2n) is 15.8. The molecule has 2 N–H and O–H groups in total. The molecule has 0 aromatic carbocycles. The molecule has 0 unspecified atom stereocenters. The highest BCUT2D eigenvalue weighted by Gasteiger charge is 2.35. The maximum Gasteiger partial charge on any atom is 0.407 e. The molecule has 3 aromatic heterocycles. The van der Waals surface area contributed by atoms with Gasteiger partial charge >= 0.3 is 12.2 Å². The van der Waals surface area contributed by atoms with Crippen LogP contribution in [0.4, 0.5) is 24.1 Å². The van der Waals surface area contributed by atoms with Crippen molar-refractivity contribution in [1.82, 2.24) is 25.2 Å². The third-order valence-corrected chi connectivity index (χ3v) is 9.33. The van der Waals surface area contributed by atoms with Crippen LogP contribution in [-0.2, 0) is 20.7 Å². The van der Waals surface area contributed by atoms with E-state index in [-0.39, 0.29) is 35.6 Å². The Morgan fingerprint density at radius 3 is 1.81 bits per heavy atom. The highest BCUT2D eigenvalue weighted by atomic mass is 19.1. The minimum atomic E-state index is -0.533. The average Bonchev–Trinajstić information content (AvgIpc) is 3.04. The third-order valence-electron chi connectivity index (χ3n) is 9.33. The fraction of sp³-hybridized carbons (Fsp3) is 0.579. The number of carbonyl (C=O) groups is 3. The number of carbonyl (C=O) groups excluding carboxylic acids is 3. The van der Waals surface area contributed by atoms with Gasteiger partial charge in [-0.25, -0.2) is 18.4 Å². The second kappa shape index (κ2) is 16.0. The van der Waals surface area contributed by atoms with Crippen molar-refractivity contribution in [1.29, 1.82) is 0 Å². The Kier molecular flexibility index (Phi) is 11.8. The molecule has 6 rings (SSSR count). The number of nitrogens with one attached hydrogen (secondary N) is 2. The maximum atomic E-state index is 13.6. The van der Waals surface area contributed by atoms with Gasteiger partial charge in [-0.2, -0.15) is 0 Å². The lowest BCUT2D eigenvalue weighted by Gasteiger charge is -2.39. The van der Waals surface area contributed by atoms with Gasteiger partial charge < -0.3 is 29.6 Å². The van der Waals surface area contributed by atoms with Gasteiger partial charge in [-0.05, 0) is 99.0 Å². The van der Waals surface area contributed by atoms with Crippen molar-refractivity contribution in [2.24, 2.45) is 0 Å². The topological polar surface area (TPSA) is 145 Å². The molecule has 282 valence electrons. The summed E-state index contributed by atoms with van der Waals surface area (Å²) in [5, 5.41) is 5.79. The van der Waals surface area contributed by atoms with Crippen molar-refractivity contribution in [3.05, 3.63) is 64.3 Å². The van der Waals surface area contributed by atoms with Crippen molar-refractivity contribution >= 4 is 34.8 Å². The molecule has 3 amide bonds. The van der Waals surface area contributed by atoms with Crippen LogP contribution >= 0.6 is 0 Å². The van der Waals surface area contributed by atoms with Crippen LogP contribution in [0.1, 0.15) is 111 Å². The Hall–Kier alpha value is -4.62. The predicted octanol–water partition coefficient (Wildman–Crippen LogP) is 6.88. The predicted molar refractivity (Wildman–Crippen MR) is 192 cm³/mol. The van der Waals surface area contributed by atoms with Gasteiger partial charge in [0.1, 0.15) is 22.8 Å². The molecule has 3 aliphatic rings. The molecule has 0 saturated heterocycles. The number of aromatic nitrogens is 3. The first-order chi connectivity index (χ1) is 24.5. The van der Waals surface area contributed by atoms with Gasteiger partial charge in [0.15, 0.2) is 0 Å². The Morgan fingerprint density at radius 1 is 0.731 bits per heavy atom. The first kappa shape index (κ1) is 38.6. The Labute approximate surface area is 302 Å². The van der Waals surface area contributed by atoms with E-state index in [1.54, 1.807) is 15.5 Å². The minimum Gasteiger partial charge on any atom is -0.444 e. The normalized spacial score (nSPS) is 22.1. The molecule has 52 heavy (non-hydrogen) atoms. The van der Waals surface area contributed by atoms with Gasteiger partial charge in [-0.1, -0.05) is 0 Å². The van der Waals surface area contributed by atoms with Crippen molar-refractivity contribution < 1.29 is 32.6 Å². The molecule has 1 aliphatic heterocycles. The fourth-order valence-corrected chi connectivity index (χ4v) is 7.13. The van der Waals surface area contributed by atoms with Crippen molar-refractivity contribution in [3.63, 3.8) is 0 Å². The maximum absolute atomic E-state index is 13.6. The molecular weight excluding hydrogens is 674 g/mol. The van der Waals surface area contributed by atoms with E-state index in [0.717, 1.165) is 63.3 Å². The number of halogens is 2. The zero-order chi connectivity index (χ0) is 37.8. The fourth-order valence-electron chi connectivity index (χ4n) is 7.13. The summed E-state index contributed by atoms with van der Waals surface area (Å²) in [6, 6.07) is 5.88. The molecule has 0 atom stereocenters. The van der Waals surface area contributed by atoms with Gasteiger partial charge in [0, 0.05) is 55.2 Å². The standard InChI is InChI=1S/C19H26FN3O3.C19H24FN3O3/c2*1-19(2,3)26-18(25)22-13-4-6-14(7-5-13)23-16-10-12(20)11-21-15(16)8-9-17(23)24/h10-11,13-14H,4-9H2,1-3H3,(H,22,25);8-11,13-14H,4-7H2,1-3H3,(H,22,25). The van der Waals surface area contributed by atoms with Crippen molar-refractivity contribution in [2.75, 3.05) is 4.90 Å². The number of pyridine rings is 3.